The fraction of sp³-hybridized carbons (Fsp3) is 0.111. The van der Waals surface area contributed by atoms with Crippen molar-refractivity contribution in [2.24, 2.45) is 0 Å². The Morgan fingerprint density at radius 2 is 1.68 bits per heavy atom. The van der Waals surface area contributed by atoms with E-state index in [1.807, 2.05) is 0 Å². The van der Waals surface area contributed by atoms with Gasteiger partial charge in [0.2, 0.25) is 5.76 Å². The van der Waals surface area contributed by atoms with Crippen LogP contribution in [0.3, 0.4) is 0 Å². The third-order valence-corrected chi connectivity index (χ3v) is 3.77. The topological polar surface area (TPSA) is 77.8 Å². The molecule has 0 atom stereocenters. The summed E-state index contributed by atoms with van der Waals surface area (Å²) < 4.78 is 13.0. The lowest BCUT2D eigenvalue weighted by Crippen LogP contribution is -2.29. The SMILES string of the molecule is O=C(O)/C(O)=C/C(=O)N(Cc1ccc(F)cc1)Cc1ccccc1Cl. The van der Waals surface area contributed by atoms with E-state index in [1.54, 1.807) is 24.3 Å². The molecule has 0 bridgehead atoms. The first-order valence-electron chi connectivity index (χ1n) is 7.27. The quantitative estimate of drug-likeness (QED) is 0.608. The molecule has 0 heterocycles. The van der Waals surface area contributed by atoms with Crippen LogP contribution in [0.2, 0.25) is 5.02 Å². The van der Waals surface area contributed by atoms with Crippen LogP contribution in [0.25, 0.3) is 0 Å². The Labute approximate surface area is 148 Å². The average molecular weight is 364 g/mol. The summed E-state index contributed by atoms with van der Waals surface area (Å²) in [5.74, 6) is -3.78. The summed E-state index contributed by atoms with van der Waals surface area (Å²) in [5, 5.41) is 18.5. The van der Waals surface area contributed by atoms with E-state index in [0.717, 1.165) is 0 Å². The highest BCUT2D eigenvalue weighted by atomic mass is 35.5. The molecule has 2 rings (SSSR count). The van der Waals surface area contributed by atoms with E-state index in [9.17, 15) is 19.1 Å². The van der Waals surface area contributed by atoms with Crippen molar-refractivity contribution in [2.75, 3.05) is 0 Å². The van der Waals surface area contributed by atoms with Crippen molar-refractivity contribution in [2.45, 2.75) is 13.1 Å². The minimum absolute atomic E-state index is 0.0910. The molecule has 0 aliphatic carbocycles. The number of benzene rings is 2. The Balaban J connectivity index is 2.28. The Morgan fingerprint density at radius 3 is 2.28 bits per heavy atom. The van der Waals surface area contributed by atoms with Gasteiger partial charge in [-0.15, -0.1) is 0 Å². The maximum atomic E-state index is 13.0. The maximum absolute atomic E-state index is 13.0. The van der Waals surface area contributed by atoms with Crippen molar-refractivity contribution in [3.63, 3.8) is 0 Å². The van der Waals surface area contributed by atoms with E-state index < -0.39 is 23.5 Å². The number of aliphatic carboxylic acids is 1. The van der Waals surface area contributed by atoms with E-state index in [0.29, 0.717) is 22.2 Å². The third kappa shape index (κ3) is 5.32. The smallest absolute Gasteiger partial charge is 0.371 e. The molecule has 0 saturated carbocycles. The summed E-state index contributed by atoms with van der Waals surface area (Å²) in [6, 6.07) is 12.5. The standard InChI is InChI=1S/C18H15ClFNO4/c19-15-4-2-1-3-13(15)11-21(17(23)9-16(22)18(24)25)10-12-5-7-14(20)8-6-12/h1-9,22H,10-11H2,(H,24,25)/b16-9-. The minimum Gasteiger partial charge on any atom is -0.502 e. The molecule has 0 aromatic heterocycles. The summed E-state index contributed by atoms with van der Waals surface area (Å²) in [6.45, 7) is 0.188. The number of hydrogen-bond donors (Lipinski definition) is 2. The molecule has 130 valence electrons. The van der Waals surface area contributed by atoms with E-state index in [2.05, 4.69) is 0 Å². The Hall–Kier alpha value is -2.86. The fourth-order valence-corrected chi connectivity index (χ4v) is 2.32. The van der Waals surface area contributed by atoms with Crippen LogP contribution in [-0.4, -0.2) is 27.0 Å². The van der Waals surface area contributed by atoms with Crippen molar-refractivity contribution < 1.29 is 24.2 Å². The lowest BCUT2D eigenvalue weighted by molar-refractivity contribution is -0.136. The highest BCUT2D eigenvalue weighted by Gasteiger charge is 2.17. The minimum atomic E-state index is -1.60. The van der Waals surface area contributed by atoms with Gasteiger partial charge in [0.05, 0.1) is 6.08 Å². The fourth-order valence-electron chi connectivity index (χ4n) is 2.12. The highest BCUT2D eigenvalue weighted by Crippen LogP contribution is 2.19. The lowest BCUT2D eigenvalue weighted by Gasteiger charge is -2.22. The van der Waals surface area contributed by atoms with Gasteiger partial charge in [0.15, 0.2) is 0 Å². The molecule has 2 aromatic rings. The molecule has 0 spiro atoms. The number of aliphatic hydroxyl groups excluding tert-OH is 1. The first-order chi connectivity index (χ1) is 11.9. The number of amides is 1. The van der Waals surface area contributed by atoms with Crippen LogP contribution in [0.15, 0.2) is 60.4 Å². The summed E-state index contributed by atoms with van der Waals surface area (Å²) in [6.07, 6.45) is 0.628. The van der Waals surface area contributed by atoms with Crippen LogP contribution < -0.4 is 0 Å². The first-order valence-corrected chi connectivity index (χ1v) is 7.65. The van der Waals surface area contributed by atoms with Crippen molar-refractivity contribution >= 4 is 23.5 Å². The number of carbonyl (C=O) groups is 2. The average Bonchev–Trinajstić information content (AvgIpc) is 2.57. The molecule has 0 unspecified atom stereocenters. The summed E-state index contributed by atoms with van der Waals surface area (Å²) >= 11 is 6.11. The second-order valence-electron chi connectivity index (χ2n) is 5.25. The van der Waals surface area contributed by atoms with Gasteiger partial charge < -0.3 is 15.1 Å². The summed E-state index contributed by atoms with van der Waals surface area (Å²) in [7, 11) is 0. The monoisotopic (exact) mass is 363 g/mol. The van der Waals surface area contributed by atoms with E-state index >= 15 is 0 Å². The molecule has 0 aliphatic rings. The van der Waals surface area contributed by atoms with Crippen LogP contribution >= 0.6 is 11.6 Å². The van der Waals surface area contributed by atoms with E-state index in [-0.39, 0.29) is 13.1 Å². The summed E-state index contributed by atoms with van der Waals surface area (Å²) in [4.78, 5) is 24.4. The molecular weight excluding hydrogens is 349 g/mol. The molecule has 2 aromatic carbocycles. The Kier molecular flexibility index (Phi) is 6.14. The molecule has 25 heavy (non-hydrogen) atoms. The van der Waals surface area contributed by atoms with E-state index in [4.69, 9.17) is 16.7 Å². The molecular formula is C18H15ClFNO4. The number of carboxylic acid groups (broad SMARTS) is 1. The lowest BCUT2D eigenvalue weighted by atomic mass is 10.1. The second kappa shape index (κ2) is 8.30. The van der Waals surface area contributed by atoms with Crippen molar-refractivity contribution in [1.82, 2.24) is 4.90 Å². The van der Waals surface area contributed by atoms with Gasteiger partial charge in [-0.05, 0) is 29.3 Å². The highest BCUT2D eigenvalue weighted by molar-refractivity contribution is 6.31. The van der Waals surface area contributed by atoms with Gasteiger partial charge >= 0.3 is 5.97 Å². The zero-order valence-electron chi connectivity index (χ0n) is 13.0. The van der Waals surface area contributed by atoms with Crippen LogP contribution in [-0.2, 0) is 22.7 Å². The van der Waals surface area contributed by atoms with Crippen LogP contribution in [0.1, 0.15) is 11.1 Å². The maximum Gasteiger partial charge on any atom is 0.371 e. The van der Waals surface area contributed by atoms with Gasteiger partial charge in [-0.1, -0.05) is 41.9 Å². The van der Waals surface area contributed by atoms with Gasteiger partial charge in [-0.2, -0.15) is 0 Å². The van der Waals surface area contributed by atoms with Gasteiger partial charge in [-0.3, -0.25) is 4.79 Å². The van der Waals surface area contributed by atoms with Gasteiger partial charge in [0.1, 0.15) is 5.82 Å². The Morgan fingerprint density at radius 1 is 1.04 bits per heavy atom. The van der Waals surface area contributed by atoms with Crippen molar-refractivity contribution in [3.8, 4) is 0 Å². The number of halogens is 2. The molecule has 0 aliphatic heterocycles. The number of nitrogens with zero attached hydrogens (tertiary/aromatic N) is 1. The number of hydrogen-bond acceptors (Lipinski definition) is 3. The van der Waals surface area contributed by atoms with Crippen LogP contribution in [0.5, 0.6) is 0 Å². The van der Waals surface area contributed by atoms with E-state index in [1.165, 1.54) is 29.2 Å². The number of carbonyl (C=O) groups excluding carboxylic acids is 1. The molecule has 1 amide bonds. The predicted molar refractivity (Wildman–Crippen MR) is 90.5 cm³/mol. The normalized spacial score (nSPS) is 11.2. The van der Waals surface area contributed by atoms with Crippen molar-refractivity contribution in [1.29, 1.82) is 0 Å². The Bertz CT molecular complexity index is 805. The third-order valence-electron chi connectivity index (χ3n) is 3.40. The van der Waals surface area contributed by atoms with Gasteiger partial charge in [0, 0.05) is 18.1 Å². The second-order valence-corrected chi connectivity index (χ2v) is 5.65. The largest absolute Gasteiger partial charge is 0.502 e. The first kappa shape index (κ1) is 18.5. The molecule has 5 nitrogen and oxygen atoms in total. The predicted octanol–water partition coefficient (Wildman–Crippen LogP) is 3.53. The molecule has 0 saturated heterocycles. The van der Waals surface area contributed by atoms with Crippen molar-refractivity contribution in [3.05, 3.63) is 82.3 Å². The molecule has 0 radical (unpaired) electrons. The molecule has 7 heteroatoms. The summed E-state index contributed by atoms with van der Waals surface area (Å²) in [5.41, 5.74) is 1.30. The van der Waals surface area contributed by atoms with Gasteiger partial charge in [-0.25, -0.2) is 9.18 Å². The molecule has 0 fully saturated rings. The number of carboxylic acids is 1. The zero-order valence-corrected chi connectivity index (χ0v) is 13.8. The van der Waals surface area contributed by atoms with Crippen LogP contribution in [0, 0.1) is 5.82 Å². The number of aliphatic hydroxyl groups is 1. The number of rotatable bonds is 6. The van der Waals surface area contributed by atoms with Crippen LogP contribution in [0.4, 0.5) is 4.39 Å². The zero-order chi connectivity index (χ0) is 18.4. The molecule has 2 N–H and O–H groups in total. The van der Waals surface area contributed by atoms with Gasteiger partial charge in [0.25, 0.3) is 5.91 Å².